The van der Waals surface area contributed by atoms with Crippen molar-refractivity contribution < 1.29 is 0 Å². The summed E-state index contributed by atoms with van der Waals surface area (Å²) in [5, 5.41) is 18.4. The number of nitriles is 1. The number of aromatic amines is 1. The lowest BCUT2D eigenvalue weighted by molar-refractivity contribution is 1.09. The first-order chi connectivity index (χ1) is 6.90. The molecule has 0 spiro atoms. The summed E-state index contributed by atoms with van der Waals surface area (Å²) in [7, 11) is 0. The van der Waals surface area contributed by atoms with Crippen molar-refractivity contribution in [2.45, 2.75) is 0 Å². The molecular weight excluding hydrogens is 176 g/mol. The summed E-state index contributed by atoms with van der Waals surface area (Å²) >= 11 is 0. The third-order valence-corrected chi connectivity index (χ3v) is 1.82. The zero-order chi connectivity index (χ0) is 9.80. The summed E-state index contributed by atoms with van der Waals surface area (Å²) in [6.07, 6.45) is 3.39. The third-order valence-electron chi connectivity index (χ3n) is 1.82. The molecule has 0 saturated heterocycles. The summed E-state index contributed by atoms with van der Waals surface area (Å²) in [6.45, 7) is 0. The number of nitrogens with zero attached hydrogens (tertiary/aromatic N) is 2. The Morgan fingerprint density at radius 1 is 1.36 bits per heavy atom. The minimum atomic E-state index is 0.619. The van der Waals surface area contributed by atoms with Crippen LogP contribution in [0.2, 0.25) is 0 Å². The Balaban J connectivity index is 2.30. The molecule has 4 heteroatoms. The normalized spacial score (nSPS) is 9.36. The molecule has 4 nitrogen and oxygen atoms in total. The number of benzene rings is 1. The van der Waals surface area contributed by atoms with Crippen molar-refractivity contribution in [3.8, 4) is 6.07 Å². The molecule has 14 heavy (non-hydrogen) atoms. The molecule has 0 saturated carbocycles. The third kappa shape index (κ3) is 1.57. The summed E-state index contributed by atoms with van der Waals surface area (Å²) in [5.74, 6) is 0. The molecule has 0 aliphatic rings. The molecule has 0 atom stereocenters. The Kier molecular flexibility index (Phi) is 2.15. The molecule has 2 rings (SSSR count). The van der Waals surface area contributed by atoms with E-state index in [1.54, 1.807) is 18.5 Å². The molecule has 68 valence electrons. The van der Waals surface area contributed by atoms with Crippen LogP contribution in [-0.4, -0.2) is 10.2 Å². The average Bonchev–Trinajstić information content (AvgIpc) is 2.71. The van der Waals surface area contributed by atoms with Crippen molar-refractivity contribution in [3.05, 3.63) is 42.2 Å². The first-order valence-electron chi connectivity index (χ1n) is 4.15. The SMILES string of the molecule is N#Cc1ccccc1Nc1cn[nH]c1. The Morgan fingerprint density at radius 2 is 2.21 bits per heavy atom. The highest BCUT2D eigenvalue weighted by Crippen LogP contribution is 2.18. The smallest absolute Gasteiger partial charge is 0.101 e. The van der Waals surface area contributed by atoms with Gasteiger partial charge in [-0.2, -0.15) is 10.4 Å². The van der Waals surface area contributed by atoms with Crippen LogP contribution in [0.1, 0.15) is 5.56 Å². The molecular formula is C10H8N4. The van der Waals surface area contributed by atoms with Gasteiger partial charge in [0.15, 0.2) is 0 Å². The standard InChI is InChI=1S/C10H8N4/c11-5-8-3-1-2-4-10(8)14-9-6-12-13-7-9/h1-4,6-7,14H,(H,12,13). The molecule has 2 N–H and O–H groups in total. The number of nitrogens with one attached hydrogen (secondary N) is 2. The van der Waals surface area contributed by atoms with Crippen molar-refractivity contribution in [3.63, 3.8) is 0 Å². The number of para-hydroxylation sites is 1. The van der Waals surface area contributed by atoms with Gasteiger partial charge in [0.2, 0.25) is 0 Å². The van der Waals surface area contributed by atoms with Crippen molar-refractivity contribution >= 4 is 11.4 Å². The van der Waals surface area contributed by atoms with Crippen LogP contribution in [0.25, 0.3) is 0 Å². The van der Waals surface area contributed by atoms with E-state index in [1.165, 1.54) is 0 Å². The minimum absolute atomic E-state index is 0.619. The number of H-pyrrole nitrogens is 1. The van der Waals surface area contributed by atoms with Crippen LogP contribution in [-0.2, 0) is 0 Å². The molecule has 1 heterocycles. The molecule has 0 radical (unpaired) electrons. The van der Waals surface area contributed by atoms with Gasteiger partial charge in [0.05, 0.1) is 23.1 Å². The Hall–Kier alpha value is -2.28. The fourth-order valence-corrected chi connectivity index (χ4v) is 1.16. The van der Waals surface area contributed by atoms with Crippen LogP contribution in [0.5, 0.6) is 0 Å². The molecule has 0 unspecified atom stereocenters. The molecule has 0 fully saturated rings. The molecule has 2 aromatic rings. The van der Waals surface area contributed by atoms with Gasteiger partial charge in [0.25, 0.3) is 0 Å². The van der Waals surface area contributed by atoms with E-state index in [9.17, 15) is 0 Å². The zero-order valence-corrected chi connectivity index (χ0v) is 7.36. The predicted molar refractivity (Wildman–Crippen MR) is 53.0 cm³/mol. The van der Waals surface area contributed by atoms with Crippen molar-refractivity contribution in [2.24, 2.45) is 0 Å². The van der Waals surface area contributed by atoms with Gasteiger partial charge in [0, 0.05) is 6.20 Å². The highest BCUT2D eigenvalue weighted by atomic mass is 15.1. The van der Waals surface area contributed by atoms with Gasteiger partial charge in [0.1, 0.15) is 6.07 Å². The fraction of sp³-hybridized carbons (Fsp3) is 0. The summed E-state index contributed by atoms with van der Waals surface area (Å²) in [5.41, 5.74) is 2.25. The lowest BCUT2D eigenvalue weighted by atomic mass is 10.2. The van der Waals surface area contributed by atoms with E-state index >= 15 is 0 Å². The lowest BCUT2D eigenvalue weighted by Crippen LogP contribution is -1.91. The van der Waals surface area contributed by atoms with Crippen LogP contribution in [0.3, 0.4) is 0 Å². The number of anilines is 2. The maximum atomic E-state index is 8.83. The molecule has 0 bridgehead atoms. The lowest BCUT2D eigenvalue weighted by Gasteiger charge is -2.03. The van der Waals surface area contributed by atoms with Crippen LogP contribution in [0.15, 0.2) is 36.7 Å². The molecule has 1 aromatic carbocycles. The van der Waals surface area contributed by atoms with Crippen molar-refractivity contribution in [2.75, 3.05) is 5.32 Å². The second kappa shape index (κ2) is 3.62. The van der Waals surface area contributed by atoms with Gasteiger partial charge in [-0.15, -0.1) is 0 Å². The summed E-state index contributed by atoms with van der Waals surface area (Å²) < 4.78 is 0. The molecule has 1 aromatic heterocycles. The van der Waals surface area contributed by atoms with Crippen molar-refractivity contribution in [1.29, 1.82) is 5.26 Å². The van der Waals surface area contributed by atoms with Gasteiger partial charge in [-0.25, -0.2) is 0 Å². The fourth-order valence-electron chi connectivity index (χ4n) is 1.16. The number of aromatic nitrogens is 2. The molecule has 0 aliphatic heterocycles. The van der Waals surface area contributed by atoms with E-state index in [2.05, 4.69) is 21.6 Å². The van der Waals surface area contributed by atoms with Crippen molar-refractivity contribution in [1.82, 2.24) is 10.2 Å². The number of hydrogen-bond donors (Lipinski definition) is 2. The largest absolute Gasteiger partial charge is 0.352 e. The summed E-state index contributed by atoms with van der Waals surface area (Å²) in [6, 6.07) is 9.44. The topological polar surface area (TPSA) is 64.5 Å². The monoisotopic (exact) mass is 184 g/mol. The zero-order valence-electron chi connectivity index (χ0n) is 7.36. The quantitative estimate of drug-likeness (QED) is 0.750. The van der Waals surface area contributed by atoms with E-state index in [-0.39, 0.29) is 0 Å². The number of rotatable bonds is 2. The maximum absolute atomic E-state index is 8.83. The second-order valence-corrected chi connectivity index (χ2v) is 2.77. The summed E-state index contributed by atoms with van der Waals surface area (Å²) in [4.78, 5) is 0. The molecule has 0 aliphatic carbocycles. The van der Waals surface area contributed by atoms with Crippen LogP contribution in [0, 0.1) is 11.3 Å². The van der Waals surface area contributed by atoms with Gasteiger partial charge < -0.3 is 5.32 Å². The maximum Gasteiger partial charge on any atom is 0.101 e. The number of hydrogen-bond acceptors (Lipinski definition) is 3. The Labute approximate surface area is 81.2 Å². The predicted octanol–water partition coefficient (Wildman–Crippen LogP) is 2.02. The van der Waals surface area contributed by atoms with Crippen LogP contribution >= 0.6 is 0 Å². The van der Waals surface area contributed by atoms with E-state index in [0.717, 1.165) is 11.4 Å². The first kappa shape index (κ1) is 8.32. The van der Waals surface area contributed by atoms with E-state index in [1.807, 2.05) is 18.2 Å². The van der Waals surface area contributed by atoms with Gasteiger partial charge >= 0.3 is 0 Å². The second-order valence-electron chi connectivity index (χ2n) is 2.77. The highest BCUT2D eigenvalue weighted by Gasteiger charge is 2.00. The highest BCUT2D eigenvalue weighted by molar-refractivity contribution is 5.65. The first-order valence-corrected chi connectivity index (χ1v) is 4.15. The van der Waals surface area contributed by atoms with Crippen LogP contribution < -0.4 is 5.32 Å². The van der Waals surface area contributed by atoms with E-state index in [0.29, 0.717) is 5.56 Å². The van der Waals surface area contributed by atoms with Crippen LogP contribution in [0.4, 0.5) is 11.4 Å². The minimum Gasteiger partial charge on any atom is -0.352 e. The van der Waals surface area contributed by atoms with Gasteiger partial charge in [-0.3, -0.25) is 5.10 Å². The van der Waals surface area contributed by atoms with E-state index in [4.69, 9.17) is 5.26 Å². The van der Waals surface area contributed by atoms with Gasteiger partial charge in [-0.05, 0) is 12.1 Å². The Bertz CT molecular complexity index is 453. The van der Waals surface area contributed by atoms with E-state index < -0.39 is 0 Å². The molecule has 0 amide bonds. The Morgan fingerprint density at radius 3 is 2.93 bits per heavy atom. The van der Waals surface area contributed by atoms with Gasteiger partial charge in [-0.1, -0.05) is 12.1 Å². The average molecular weight is 184 g/mol.